The largest absolute Gasteiger partial charge is 0.468 e. The Balaban J connectivity index is 1.65. The number of likely N-dealkylation sites (tertiary alicyclic amines) is 1. The van der Waals surface area contributed by atoms with Gasteiger partial charge in [-0.2, -0.15) is 0 Å². The first-order valence-electron chi connectivity index (χ1n) is 10.1. The summed E-state index contributed by atoms with van der Waals surface area (Å²) in [5.41, 5.74) is -0.456. The maximum absolute atomic E-state index is 12.4. The van der Waals surface area contributed by atoms with Crippen LogP contribution in [-0.2, 0) is 16.9 Å². The molecule has 1 saturated carbocycles. The summed E-state index contributed by atoms with van der Waals surface area (Å²) in [5.74, 6) is 1.90. The molecule has 1 aliphatic carbocycles. The maximum Gasteiger partial charge on any atom is 0.222 e. The first-order valence-corrected chi connectivity index (χ1v) is 10.1. The molecule has 2 fully saturated rings. The normalized spacial score (nSPS) is 23.8. The Morgan fingerprint density at radius 3 is 2.96 bits per heavy atom. The van der Waals surface area contributed by atoms with Gasteiger partial charge in [0.2, 0.25) is 5.91 Å². The van der Waals surface area contributed by atoms with Crippen LogP contribution < -0.4 is 5.32 Å². The van der Waals surface area contributed by atoms with E-state index < -0.39 is 5.54 Å². The fourth-order valence-electron chi connectivity index (χ4n) is 4.47. The van der Waals surface area contributed by atoms with Crippen molar-refractivity contribution in [2.75, 3.05) is 13.1 Å². The van der Waals surface area contributed by atoms with Crippen LogP contribution in [0.2, 0.25) is 0 Å². The molecule has 4 rings (SSSR count). The molecule has 1 amide bonds. The van der Waals surface area contributed by atoms with Crippen molar-refractivity contribution in [2.24, 2.45) is 0 Å². The highest BCUT2D eigenvalue weighted by Gasteiger charge is 2.43. The summed E-state index contributed by atoms with van der Waals surface area (Å²) in [6.45, 7) is 3.88. The van der Waals surface area contributed by atoms with Crippen LogP contribution in [0.25, 0.3) is 0 Å². The molecule has 1 N–H and O–H groups in total. The molecule has 2 aromatic rings. The predicted octanol–water partition coefficient (Wildman–Crippen LogP) is 2.40. The number of hydrogen-bond acceptors (Lipinski definition) is 6. The zero-order valence-electron chi connectivity index (χ0n) is 15.9. The Hall–Kier alpha value is -2.22. The van der Waals surface area contributed by atoms with E-state index in [1.54, 1.807) is 6.26 Å². The topological polar surface area (TPSA) is 89.1 Å². The second-order valence-electron chi connectivity index (χ2n) is 7.67. The number of furan rings is 1. The minimum absolute atomic E-state index is 0.179. The van der Waals surface area contributed by atoms with Crippen molar-refractivity contribution in [3.63, 3.8) is 0 Å². The Labute approximate surface area is 159 Å². The second kappa shape index (κ2) is 7.80. The van der Waals surface area contributed by atoms with Crippen molar-refractivity contribution in [1.82, 2.24) is 30.4 Å². The van der Waals surface area contributed by atoms with Crippen molar-refractivity contribution in [3.05, 3.63) is 30.0 Å². The zero-order chi connectivity index (χ0) is 18.7. The van der Waals surface area contributed by atoms with Gasteiger partial charge in [-0.3, -0.25) is 10.1 Å². The standard InChI is InChI=1S/C19H28N6O2/c1-2-17(26)24-11-6-10-19(14-24,20-13-16-9-5-12-27-16)18-21-22-23-25(18)15-7-3-4-8-15/h5,9,12,15,20H,2-4,6-8,10-11,13-14H2,1H3. The summed E-state index contributed by atoms with van der Waals surface area (Å²) in [6, 6.07) is 4.20. The van der Waals surface area contributed by atoms with Crippen LogP contribution in [0.5, 0.6) is 0 Å². The molecule has 27 heavy (non-hydrogen) atoms. The van der Waals surface area contributed by atoms with Crippen LogP contribution in [0.3, 0.4) is 0 Å². The van der Waals surface area contributed by atoms with Crippen molar-refractivity contribution in [3.8, 4) is 0 Å². The highest BCUT2D eigenvalue weighted by atomic mass is 16.3. The third-order valence-corrected chi connectivity index (χ3v) is 5.92. The van der Waals surface area contributed by atoms with Crippen LogP contribution in [0.4, 0.5) is 0 Å². The first kappa shape index (κ1) is 18.2. The van der Waals surface area contributed by atoms with Crippen LogP contribution in [0.15, 0.2) is 22.8 Å². The molecule has 0 bridgehead atoms. The van der Waals surface area contributed by atoms with E-state index in [4.69, 9.17) is 4.42 Å². The number of piperidine rings is 1. The molecule has 1 saturated heterocycles. The van der Waals surface area contributed by atoms with Gasteiger partial charge >= 0.3 is 0 Å². The van der Waals surface area contributed by atoms with Gasteiger partial charge in [0, 0.05) is 19.5 Å². The fraction of sp³-hybridized carbons (Fsp3) is 0.684. The third-order valence-electron chi connectivity index (χ3n) is 5.92. The minimum atomic E-state index is -0.456. The summed E-state index contributed by atoms with van der Waals surface area (Å²) >= 11 is 0. The Morgan fingerprint density at radius 2 is 2.22 bits per heavy atom. The van der Waals surface area contributed by atoms with Crippen molar-refractivity contribution in [1.29, 1.82) is 0 Å². The Bertz CT molecular complexity index is 752. The van der Waals surface area contributed by atoms with Gasteiger partial charge in [-0.05, 0) is 48.2 Å². The quantitative estimate of drug-likeness (QED) is 0.837. The number of amides is 1. The lowest BCUT2D eigenvalue weighted by molar-refractivity contribution is -0.133. The molecular weight excluding hydrogens is 344 g/mol. The summed E-state index contributed by atoms with van der Waals surface area (Å²) in [4.78, 5) is 14.4. The monoisotopic (exact) mass is 372 g/mol. The van der Waals surface area contributed by atoms with E-state index in [0.717, 1.165) is 43.8 Å². The number of carbonyl (C=O) groups excluding carboxylic acids is 1. The number of tetrazole rings is 1. The van der Waals surface area contributed by atoms with Gasteiger partial charge in [0.15, 0.2) is 5.82 Å². The lowest BCUT2D eigenvalue weighted by Crippen LogP contribution is -2.57. The maximum atomic E-state index is 12.4. The van der Waals surface area contributed by atoms with E-state index in [1.165, 1.54) is 12.8 Å². The molecule has 0 radical (unpaired) electrons. The number of nitrogens with zero attached hydrogens (tertiary/aromatic N) is 5. The number of carbonyl (C=O) groups is 1. The Morgan fingerprint density at radius 1 is 1.37 bits per heavy atom. The van der Waals surface area contributed by atoms with Crippen LogP contribution in [0, 0.1) is 0 Å². The van der Waals surface area contributed by atoms with Gasteiger partial charge in [-0.15, -0.1) is 5.10 Å². The molecule has 2 aromatic heterocycles. The van der Waals surface area contributed by atoms with Crippen LogP contribution in [-0.4, -0.2) is 44.1 Å². The summed E-state index contributed by atoms with van der Waals surface area (Å²) < 4.78 is 7.53. The van der Waals surface area contributed by atoms with Gasteiger partial charge in [0.1, 0.15) is 5.76 Å². The van der Waals surface area contributed by atoms with E-state index in [1.807, 2.05) is 28.6 Å². The van der Waals surface area contributed by atoms with E-state index in [9.17, 15) is 4.79 Å². The van der Waals surface area contributed by atoms with E-state index >= 15 is 0 Å². The summed E-state index contributed by atoms with van der Waals surface area (Å²) in [6.07, 6.45) is 8.69. The van der Waals surface area contributed by atoms with Crippen LogP contribution in [0.1, 0.15) is 69.5 Å². The van der Waals surface area contributed by atoms with Gasteiger partial charge in [0.05, 0.1) is 24.4 Å². The van der Waals surface area contributed by atoms with Crippen LogP contribution >= 0.6 is 0 Å². The van der Waals surface area contributed by atoms with Gasteiger partial charge in [-0.25, -0.2) is 4.68 Å². The fourth-order valence-corrected chi connectivity index (χ4v) is 4.47. The molecule has 8 nitrogen and oxygen atoms in total. The minimum Gasteiger partial charge on any atom is -0.468 e. The summed E-state index contributed by atoms with van der Waals surface area (Å²) in [5, 5.41) is 16.5. The SMILES string of the molecule is CCC(=O)N1CCCC(NCc2ccco2)(c2nnnn2C2CCCC2)C1. The second-order valence-corrected chi connectivity index (χ2v) is 7.67. The number of rotatable bonds is 6. The molecule has 1 unspecified atom stereocenters. The molecule has 1 aliphatic heterocycles. The number of hydrogen-bond donors (Lipinski definition) is 1. The first-order chi connectivity index (χ1) is 13.2. The van der Waals surface area contributed by atoms with Gasteiger partial charge in [0.25, 0.3) is 0 Å². The lowest BCUT2D eigenvalue weighted by Gasteiger charge is -2.42. The average Bonchev–Trinajstić information content (AvgIpc) is 3.47. The van der Waals surface area contributed by atoms with E-state index in [-0.39, 0.29) is 5.91 Å². The molecule has 8 heteroatoms. The van der Waals surface area contributed by atoms with Gasteiger partial charge < -0.3 is 9.32 Å². The zero-order valence-corrected chi connectivity index (χ0v) is 15.9. The summed E-state index contributed by atoms with van der Waals surface area (Å²) in [7, 11) is 0. The van der Waals surface area contributed by atoms with E-state index in [0.29, 0.717) is 25.6 Å². The van der Waals surface area contributed by atoms with Crippen molar-refractivity contribution >= 4 is 5.91 Å². The molecule has 3 heterocycles. The van der Waals surface area contributed by atoms with E-state index in [2.05, 4.69) is 20.8 Å². The Kier molecular flexibility index (Phi) is 5.24. The van der Waals surface area contributed by atoms with Crippen molar-refractivity contribution in [2.45, 2.75) is 70.0 Å². The smallest absolute Gasteiger partial charge is 0.222 e. The molecule has 0 aromatic carbocycles. The van der Waals surface area contributed by atoms with Gasteiger partial charge in [-0.1, -0.05) is 19.8 Å². The highest BCUT2D eigenvalue weighted by molar-refractivity contribution is 5.76. The molecular formula is C19H28N6O2. The highest BCUT2D eigenvalue weighted by Crippen LogP contribution is 2.36. The lowest BCUT2D eigenvalue weighted by atomic mass is 9.87. The third kappa shape index (κ3) is 3.63. The van der Waals surface area contributed by atoms with Crippen molar-refractivity contribution < 1.29 is 9.21 Å². The molecule has 1 atom stereocenters. The number of aromatic nitrogens is 4. The molecule has 146 valence electrons. The molecule has 0 spiro atoms. The predicted molar refractivity (Wildman–Crippen MR) is 98.7 cm³/mol. The number of nitrogens with one attached hydrogen (secondary N) is 1. The average molecular weight is 372 g/mol. The molecule has 2 aliphatic rings.